The van der Waals surface area contributed by atoms with Gasteiger partial charge in [0.15, 0.2) is 0 Å². The molecule has 4 nitrogen and oxygen atoms in total. The van der Waals surface area contributed by atoms with E-state index in [0.29, 0.717) is 18.1 Å². The normalized spacial score (nSPS) is 29.9. The number of hydrogen-bond acceptors (Lipinski definition) is 3. The monoisotopic (exact) mass is 292 g/mol. The van der Waals surface area contributed by atoms with E-state index in [4.69, 9.17) is 11.2 Å². The van der Waals surface area contributed by atoms with Crippen molar-refractivity contribution in [2.24, 2.45) is 0 Å². The van der Waals surface area contributed by atoms with Gasteiger partial charge >= 0.3 is 6.09 Å². The predicted molar refractivity (Wildman–Crippen MR) is 84.0 cm³/mol. The Labute approximate surface area is 128 Å². The molecule has 0 spiro atoms. The molecule has 2 aliphatic rings. The summed E-state index contributed by atoms with van der Waals surface area (Å²) in [7, 11) is 0. The van der Waals surface area contributed by atoms with Gasteiger partial charge in [0.1, 0.15) is 5.60 Å². The van der Waals surface area contributed by atoms with Gasteiger partial charge < -0.3 is 15.0 Å². The zero-order chi connectivity index (χ0) is 15.6. The fraction of sp³-hybridized carbons (Fsp3) is 0.824. The van der Waals surface area contributed by atoms with Gasteiger partial charge in [0.05, 0.1) is 6.04 Å². The molecule has 0 saturated carbocycles. The van der Waals surface area contributed by atoms with Gasteiger partial charge in [-0.15, -0.1) is 6.42 Å². The molecule has 2 saturated heterocycles. The smallest absolute Gasteiger partial charge is 0.410 e. The predicted octanol–water partition coefficient (Wildman–Crippen LogP) is 2.92. The minimum absolute atomic E-state index is 0.141. The van der Waals surface area contributed by atoms with Crippen LogP contribution in [0.5, 0.6) is 0 Å². The molecule has 2 heterocycles. The van der Waals surface area contributed by atoms with E-state index in [-0.39, 0.29) is 12.1 Å². The Morgan fingerprint density at radius 1 is 1.38 bits per heavy atom. The number of rotatable bonds is 3. The van der Waals surface area contributed by atoms with Crippen LogP contribution in [0.1, 0.15) is 59.8 Å². The number of carbonyl (C=O) groups excluding carboxylic acids is 1. The molecule has 3 atom stereocenters. The number of carbonyl (C=O) groups is 1. The first-order valence-electron chi connectivity index (χ1n) is 8.07. The van der Waals surface area contributed by atoms with Crippen LogP contribution in [0.3, 0.4) is 0 Å². The van der Waals surface area contributed by atoms with Gasteiger partial charge in [-0.3, -0.25) is 0 Å². The lowest BCUT2D eigenvalue weighted by molar-refractivity contribution is 0.00451. The largest absolute Gasteiger partial charge is 0.444 e. The van der Waals surface area contributed by atoms with E-state index in [1.54, 1.807) is 0 Å². The van der Waals surface area contributed by atoms with Crippen molar-refractivity contribution in [3.8, 4) is 12.3 Å². The van der Waals surface area contributed by atoms with Gasteiger partial charge in [-0.2, -0.15) is 0 Å². The fourth-order valence-corrected chi connectivity index (χ4v) is 3.49. The molecule has 1 amide bonds. The third-order valence-corrected chi connectivity index (χ3v) is 4.38. The highest BCUT2D eigenvalue weighted by Crippen LogP contribution is 2.37. The van der Waals surface area contributed by atoms with Crippen LogP contribution in [0, 0.1) is 12.3 Å². The third-order valence-electron chi connectivity index (χ3n) is 4.38. The third kappa shape index (κ3) is 3.91. The summed E-state index contributed by atoms with van der Waals surface area (Å²) in [4.78, 5) is 14.3. The summed E-state index contributed by atoms with van der Waals surface area (Å²) in [6.07, 6.45) is 10.4. The van der Waals surface area contributed by atoms with Crippen LogP contribution in [0.2, 0.25) is 0 Å². The molecule has 2 rings (SSSR count). The van der Waals surface area contributed by atoms with Gasteiger partial charge in [-0.05, 0) is 52.9 Å². The molecule has 118 valence electrons. The molecule has 0 aromatic rings. The zero-order valence-electron chi connectivity index (χ0n) is 13.7. The summed E-state index contributed by atoms with van der Waals surface area (Å²) in [5, 5.41) is 3.55. The van der Waals surface area contributed by atoms with Gasteiger partial charge in [0.25, 0.3) is 0 Å². The number of fused-ring (bicyclic) bond motifs is 2. The van der Waals surface area contributed by atoms with Crippen molar-refractivity contribution in [1.82, 2.24) is 10.2 Å². The zero-order valence-corrected chi connectivity index (χ0v) is 13.7. The summed E-state index contributed by atoms with van der Waals surface area (Å²) in [6, 6.07) is 1.16. The first-order valence-corrected chi connectivity index (χ1v) is 8.07. The second-order valence-corrected chi connectivity index (χ2v) is 7.24. The lowest BCUT2D eigenvalue weighted by Gasteiger charge is -2.40. The van der Waals surface area contributed by atoms with E-state index >= 15 is 0 Å². The molecule has 1 N–H and O–H groups in total. The molecule has 2 fully saturated rings. The van der Waals surface area contributed by atoms with Crippen molar-refractivity contribution in [1.29, 1.82) is 0 Å². The Kier molecular flexibility index (Phi) is 4.83. The van der Waals surface area contributed by atoms with Gasteiger partial charge in [0, 0.05) is 18.1 Å². The number of terminal acetylenes is 1. The van der Waals surface area contributed by atoms with E-state index in [1.165, 1.54) is 0 Å². The molecule has 0 aliphatic carbocycles. The van der Waals surface area contributed by atoms with E-state index in [1.807, 2.05) is 25.7 Å². The van der Waals surface area contributed by atoms with Crippen LogP contribution < -0.4 is 5.32 Å². The molecule has 0 aromatic heterocycles. The second kappa shape index (κ2) is 6.27. The molecule has 2 aliphatic heterocycles. The average molecular weight is 292 g/mol. The maximum Gasteiger partial charge on any atom is 0.410 e. The second-order valence-electron chi connectivity index (χ2n) is 7.24. The first-order chi connectivity index (χ1) is 9.84. The van der Waals surface area contributed by atoms with Crippen LogP contribution in [-0.4, -0.2) is 40.8 Å². The SMILES string of the molecule is C#CC(CC)NC1CC2CCC(C1)N2C(=O)OC(C)(C)C. The van der Waals surface area contributed by atoms with E-state index in [2.05, 4.69) is 18.2 Å². The number of amides is 1. The standard InChI is InChI=1S/C17H28N2O2/c1-6-12(7-2)18-13-10-14-8-9-15(11-13)19(14)16(20)21-17(3,4)5/h1,12-15,18H,7-11H2,2-5H3. The molecule has 2 bridgehead atoms. The molecule has 21 heavy (non-hydrogen) atoms. The fourth-order valence-electron chi connectivity index (χ4n) is 3.49. The van der Waals surface area contributed by atoms with Crippen molar-refractivity contribution < 1.29 is 9.53 Å². The molecule has 4 heteroatoms. The first kappa shape index (κ1) is 16.2. The highest BCUT2D eigenvalue weighted by atomic mass is 16.6. The van der Waals surface area contributed by atoms with Crippen LogP contribution in [-0.2, 0) is 4.74 Å². The molecular formula is C17H28N2O2. The minimum Gasteiger partial charge on any atom is -0.444 e. The minimum atomic E-state index is -0.428. The summed E-state index contributed by atoms with van der Waals surface area (Å²) in [5.41, 5.74) is -0.428. The lowest BCUT2D eigenvalue weighted by atomic mass is 9.96. The Balaban J connectivity index is 1.96. The van der Waals surface area contributed by atoms with Gasteiger partial charge in [-0.1, -0.05) is 12.8 Å². The lowest BCUT2D eigenvalue weighted by Crippen LogP contribution is -2.53. The number of nitrogens with one attached hydrogen (secondary N) is 1. The molecular weight excluding hydrogens is 264 g/mol. The van der Waals surface area contributed by atoms with Gasteiger partial charge in [0.2, 0.25) is 0 Å². The van der Waals surface area contributed by atoms with Crippen molar-refractivity contribution in [2.45, 2.75) is 89.6 Å². The summed E-state index contributed by atoms with van der Waals surface area (Å²) in [5.74, 6) is 2.80. The van der Waals surface area contributed by atoms with E-state index < -0.39 is 5.60 Å². The van der Waals surface area contributed by atoms with Crippen molar-refractivity contribution in [3.63, 3.8) is 0 Å². The summed E-state index contributed by atoms with van der Waals surface area (Å²) < 4.78 is 5.55. The quantitative estimate of drug-likeness (QED) is 0.813. The van der Waals surface area contributed by atoms with Gasteiger partial charge in [-0.25, -0.2) is 4.79 Å². The topological polar surface area (TPSA) is 41.6 Å². The Morgan fingerprint density at radius 3 is 2.38 bits per heavy atom. The van der Waals surface area contributed by atoms with E-state index in [0.717, 1.165) is 32.1 Å². The highest BCUT2D eigenvalue weighted by molar-refractivity contribution is 5.69. The van der Waals surface area contributed by atoms with Crippen molar-refractivity contribution in [3.05, 3.63) is 0 Å². The number of piperidine rings is 1. The van der Waals surface area contributed by atoms with Crippen LogP contribution in [0.25, 0.3) is 0 Å². The molecule has 0 radical (unpaired) electrons. The Bertz CT molecular complexity index is 407. The Morgan fingerprint density at radius 2 is 1.95 bits per heavy atom. The number of hydrogen-bond donors (Lipinski definition) is 1. The molecule has 0 aromatic carbocycles. The maximum absolute atomic E-state index is 12.4. The van der Waals surface area contributed by atoms with Crippen LogP contribution >= 0.6 is 0 Å². The number of nitrogens with zero attached hydrogens (tertiary/aromatic N) is 1. The number of ether oxygens (including phenoxy) is 1. The summed E-state index contributed by atoms with van der Waals surface area (Å²) in [6.45, 7) is 7.85. The van der Waals surface area contributed by atoms with Crippen LogP contribution in [0.4, 0.5) is 4.79 Å². The maximum atomic E-state index is 12.4. The average Bonchev–Trinajstić information content (AvgIpc) is 2.66. The molecule has 3 unspecified atom stereocenters. The van der Waals surface area contributed by atoms with Crippen molar-refractivity contribution in [2.75, 3.05) is 0 Å². The highest BCUT2D eigenvalue weighted by Gasteiger charge is 2.44. The van der Waals surface area contributed by atoms with Crippen LogP contribution in [0.15, 0.2) is 0 Å². The Hall–Kier alpha value is -1.21. The summed E-state index contributed by atoms with van der Waals surface area (Å²) >= 11 is 0. The van der Waals surface area contributed by atoms with Crippen molar-refractivity contribution >= 4 is 6.09 Å². The van der Waals surface area contributed by atoms with E-state index in [9.17, 15) is 4.79 Å².